The van der Waals surface area contributed by atoms with Crippen molar-refractivity contribution in [1.29, 1.82) is 0 Å². The van der Waals surface area contributed by atoms with Gasteiger partial charge in [0.05, 0.1) is 11.9 Å². The topological polar surface area (TPSA) is 84.7 Å². The molecule has 0 saturated heterocycles. The van der Waals surface area contributed by atoms with Crippen molar-refractivity contribution in [2.45, 2.75) is 6.42 Å². The average molecular weight is 374 g/mol. The number of hydrogen-bond donors (Lipinski definition) is 2. The molecule has 4 rings (SSSR count). The largest absolute Gasteiger partial charge is 0.387 e. The van der Waals surface area contributed by atoms with E-state index in [-0.39, 0.29) is 17.2 Å². The maximum Gasteiger partial charge on any atom is 0.168 e. The fraction of sp³-hybridized carbons (Fsp3) is 0.0476. The number of nitrogens with two attached hydrogens (primary N) is 1. The molecule has 2 aromatic carbocycles. The number of rotatable bonds is 4. The first-order chi connectivity index (χ1) is 13.1. The predicted molar refractivity (Wildman–Crippen MR) is 111 cm³/mol. The molecule has 0 unspecified atom stereocenters. The van der Waals surface area contributed by atoms with Gasteiger partial charge in [-0.1, -0.05) is 66.8 Å². The molecule has 0 bridgehead atoms. The van der Waals surface area contributed by atoms with E-state index >= 15 is 0 Å². The van der Waals surface area contributed by atoms with Gasteiger partial charge < -0.3 is 10.7 Å². The molecule has 0 aliphatic heterocycles. The molecule has 0 saturated carbocycles. The van der Waals surface area contributed by atoms with Gasteiger partial charge in [-0.2, -0.15) is 0 Å². The maximum atomic E-state index is 11.9. The quantitative estimate of drug-likeness (QED) is 0.420. The first-order valence-electron chi connectivity index (χ1n) is 8.35. The first-order valence-corrected chi connectivity index (χ1v) is 8.76. The molecule has 0 amide bonds. The molecule has 134 valence electrons. The second-order valence-corrected chi connectivity index (χ2v) is 6.22. The summed E-state index contributed by atoms with van der Waals surface area (Å²) in [4.78, 5) is 23.2. The van der Waals surface area contributed by atoms with Gasteiger partial charge in [-0.05, 0) is 12.1 Å². The SMILES string of the molecule is NC(=S)c1ncc(CC(=O)c2ccccc2)[nH]1.c1ccc2ncccc2c1. The van der Waals surface area contributed by atoms with Crippen LogP contribution in [0.4, 0.5) is 0 Å². The van der Waals surface area contributed by atoms with Crippen molar-refractivity contribution >= 4 is 33.9 Å². The predicted octanol–water partition coefficient (Wildman–Crippen LogP) is 3.70. The maximum absolute atomic E-state index is 11.9. The molecule has 2 aromatic heterocycles. The summed E-state index contributed by atoms with van der Waals surface area (Å²) < 4.78 is 0. The fourth-order valence-electron chi connectivity index (χ4n) is 2.49. The van der Waals surface area contributed by atoms with Crippen molar-refractivity contribution in [2.24, 2.45) is 5.73 Å². The normalized spacial score (nSPS) is 10.1. The number of hydrogen-bond acceptors (Lipinski definition) is 4. The number of nitrogens with one attached hydrogen (secondary N) is 1. The van der Waals surface area contributed by atoms with Crippen LogP contribution in [0.3, 0.4) is 0 Å². The zero-order chi connectivity index (χ0) is 19.1. The van der Waals surface area contributed by atoms with Crippen LogP contribution >= 0.6 is 12.2 Å². The number of benzene rings is 2. The van der Waals surface area contributed by atoms with Gasteiger partial charge in [0.15, 0.2) is 11.6 Å². The summed E-state index contributed by atoms with van der Waals surface area (Å²) in [5.41, 5.74) is 7.87. The molecular weight excluding hydrogens is 356 g/mol. The van der Waals surface area contributed by atoms with Gasteiger partial charge >= 0.3 is 0 Å². The summed E-state index contributed by atoms with van der Waals surface area (Å²) in [6.45, 7) is 0. The monoisotopic (exact) mass is 374 g/mol. The Morgan fingerprint density at radius 2 is 1.67 bits per heavy atom. The number of aromatic nitrogens is 3. The summed E-state index contributed by atoms with van der Waals surface area (Å²) in [6.07, 6.45) is 3.65. The van der Waals surface area contributed by atoms with E-state index in [1.807, 2.05) is 48.7 Å². The standard InChI is InChI=1S/C12H11N3OS.C9H7N/c13-11(17)12-14-7-9(15-12)6-10(16)8-4-2-1-3-5-8;1-2-6-9-8(4-1)5-3-7-10-9/h1-5,7H,6H2,(H2,13,17)(H,14,15);1-7H. The van der Waals surface area contributed by atoms with Crippen molar-refractivity contribution in [3.63, 3.8) is 0 Å². The third kappa shape index (κ3) is 5.05. The molecule has 6 heteroatoms. The lowest BCUT2D eigenvalue weighted by atomic mass is 10.1. The first kappa shape index (κ1) is 18.4. The van der Waals surface area contributed by atoms with Crippen molar-refractivity contribution in [3.8, 4) is 0 Å². The minimum Gasteiger partial charge on any atom is -0.387 e. The van der Waals surface area contributed by atoms with Gasteiger partial charge in [0, 0.05) is 29.0 Å². The van der Waals surface area contributed by atoms with Gasteiger partial charge in [-0.25, -0.2) is 4.98 Å². The number of aromatic amines is 1. The number of fused-ring (bicyclic) bond motifs is 1. The van der Waals surface area contributed by atoms with Gasteiger partial charge in [0.1, 0.15) is 4.99 Å². The second-order valence-electron chi connectivity index (χ2n) is 5.78. The van der Waals surface area contributed by atoms with E-state index in [0.717, 1.165) is 5.52 Å². The zero-order valence-corrected chi connectivity index (χ0v) is 15.3. The molecule has 4 aromatic rings. The van der Waals surface area contributed by atoms with Crippen LogP contribution in [0.15, 0.2) is 79.1 Å². The summed E-state index contributed by atoms with van der Waals surface area (Å²) in [5.74, 6) is 0.472. The lowest BCUT2D eigenvalue weighted by molar-refractivity contribution is 0.0992. The van der Waals surface area contributed by atoms with E-state index in [4.69, 9.17) is 18.0 Å². The van der Waals surface area contributed by atoms with Gasteiger partial charge in [-0.15, -0.1) is 0 Å². The van der Waals surface area contributed by atoms with Crippen LogP contribution in [0, 0.1) is 0 Å². The molecular formula is C21H18N4OS. The lowest BCUT2D eigenvalue weighted by Crippen LogP contribution is -2.11. The van der Waals surface area contributed by atoms with Gasteiger partial charge in [0.2, 0.25) is 0 Å². The van der Waals surface area contributed by atoms with Crippen LogP contribution in [0.5, 0.6) is 0 Å². The molecule has 2 heterocycles. The number of carbonyl (C=O) groups excluding carboxylic acids is 1. The minimum absolute atomic E-state index is 0.0312. The molecule has 3 N–H and O–H groups in total. The third-order valence-electron chi connectivity index (χ3n) is 3.82. The van der Waals surface area contributed by atoms with E-state index in [1.54, 1.807) is 18.3 Å². The van der Waals surface area contributed by atoms with Crippen LogP contribution < -0.4 is 5.73 Å². The van der Waals surface area contributed by atoms with Gasteiger partial charge in [0.25, 0.3) is 0 Å². The Labute approximate surface area is 162 Å². The van der Waals surface area contributed by atoms with Crippen LogP contribution in [-0.4, -0.2) is 25.7 Å². The Morgan fingerprint density at radius 1 is 0.963 bits per heavy atom. The van der Waals surface area contributed by atoms with E-state index in [0.29, 0.717) is 17.1 Å². The van der Waals surface area contributed by atoms with Gasteiger partial charge in [-0.3, -0.25) is 9.78 Å². The van der Waals surface area contributed by atoms with E-state index in [2.05, 4.69) is 27.1 Å². The molecule has 5 nitrogen and oxygen atoms in total. The van der Waals surface area contributed by atoms with Crippen LogP contribution in [0.25, 0.3) is 10.9 Å². The Kier molecular flexibility index (Phi) is 6.02. The van der Waals surface area contributed by atoms with E-state index < -0.39 is 0 Å². The second kappa shape index (κ2) is 8.82. The van der Waals surface area contributed by atoms with Crippen molar-refractivity contribution in [3.05, 3.63) is 96.2 Å². The number of H-pyrrole nitrogens is 1. The zero-order valence-electron chi connectivity index (χ0n) is 14.5. The minimum atomic E-state index is 0.0312. The van der Waals surface area contributed by atoms with Crippen LogP contribution in [0.1, 0.15) is 21.9 Å². The number of nitrogens with zero attached hydrogens (tertiary/aromatic N) is 2. The highest BCUT2D eigenvalue weighted by atomic mass is 32.1. The average Bonchev–Trinajstić information content (AvgIpc) is 3.18. The summed E-state index contributed by atoms with van der Waals surface area (Å²) in [6, 6.07) is 21.2. The number of pyridine rings is 1. The molecule has 27 heavy (non-hydrogen) atoms. The molecule has 0 atom stereocenters. The number of thiocarbonyl (C=S) groups is 1. The number of Topliss-reactive ketones (excluding diaryl/α,β-unsaturated/α-hetero) is 1. The highest BCUT2D eigenvalue weighted by Crippen LogP contribution is 2.08. The van der Waals surface area contributed by atoms with Crippen molar-refractivity contribution < 1.29 is 4.79 Å². The van der Waals surface area contributed by atoms with Crippen LogP contribution in [0.2, 0.25) is 0 Å². The molecule has 0 spiro atoms. The molecule has 0 aliphatic carbocycles. The number of ketones is 1. The highest BCUT2D eigenvalue weighted by molar-refractivity contribution is 7.80. The smallest absolute Gasteiger partial charge is 0.168 e. The van der Waals surface area contributed by atoms with E-state index in [9.17, 15) is 4.79 Å². The third-order valence-corrected chi connectivity index (χ3v) is 4.01. The molecule has 0 fully saturated rings. The Hall–Kier alpha value is -3.38. The number of imidazole rings is 1. The summed E-state index contributed by atoms with van der Waals surface area (Å²) >= 11 is 4.78. The number of carbonyl (C=O) groups is 1. The molecule has 0 radical (unpaired) electrons. The van der Waals surface area contributed by atoms with E-state index in [1.165, 1.54) is 5.39 Å². The lowest BCUT2D eigenvalue weighted by Gasteiger charge is -1.98. The van der Waals surface area contributed by atoms with Crippen molar-refractivity contribution in [2.75, 3.05) is 0 Å². The van der Waals surface area contributed by atoms with Crippen LogP contribution in [-0.2, 0) is 6.42 Å². The summed E-state index contributed by atoms with van der Waals surface area (Å²) in [5, 5.41) is 1.20. The van der Waals surface area contributed by atoms with Crippen molar-refractivity contribution in [1.82, 2.24) is 15.0 Å². The Morgan fingerprint density at radius 3 is 2.37 bits per heavy atom. The Balaban J connectivity index is 0.000000177. The Bertz CT molecular complexity index is 994. The fourth-order valence-corrected chi connectivity index (χ4v) is 2.59. The number of para-hydroxylation sites is 1. The summed E-state index contributed by atoms with van der Waals surface area (Å²) in [7, 11) is 0. The highest BCUT2D eigenvalue weighted by Gasteiger charge is 2.09. The molecule has 0 aliphatic rings.